The molecule has 0 unspecified atom stereocenters. The van der Waals surface area contributed by atoms with E-state index in [2.05, 4.69) is 10.3 Å². The van der Waals surface area contributed by atoms with Crippen LogP contribution in [0.2, 0.25) is 0 Å². The molecule has 2 heterocycles. The van der Waals surface area contributed by atoms with Crippen molar-refractivity contribution >= 4 is 23.2 Å². The van der Waals surface area contributed by atoms with Crippen LogP contribution in [0.3, 0.4) is 0 Å². The number of nitrogens with two attached hydrogens (primary N) is 1. The Balaban J connectivity index is 1.52. The summed E-state index contributed by atoms with van der Waals surface area (Å²) in [6.07, 6.45) is 1.61. The fourth-order valence-corrected chi connectivity index (χ4v) is 3.29. The van der Waals surface area contributed by atoms with Gasteiger partial charge in [-0.3, -0.25) is 9.59 Å². The molecule has 2 aromatic rings. The van der Waals surface area contributed by atoms with Crippen molar-refractivity contribution < 1.29 is 9.59 Å². The monoisotopic (exact) mass is 344 g/mol. The molecule has 3 N–H and O–H groups in total. The number of amides is 2. The van der Waals surface area contributed by atoms with Gasteiger partial charge in [0.2, 0.25) is 5.91 Å². The van der Waals surface area contributed by atoms with Gasteiger partial charge in [0.15, 0.2) is 0 Å². The number of hydrogen-bond acceptors (Lipinski definition) is 5. The van der Waals surface area contributed by atoms with E-state index in [1.54, 1.807) is 5.38 Å². The van der Waals surface area contributed by atoms with Crippen molar-refractivity contribution in [1.29, 1.82) is 0 Å². The highest BCUT2D eigenvalue weighted by Gasteiger charge is 2.19. The first kappa shape index (κ1) is 16.6. The van der Waals surface area contributed by atoms with Crippen LogP contribution in [0.15, 0.2) is 29.6 Å². The number of rotatable bonds is 6. The van der Waals surface area contributed by atoms with Crippen LogP contribution in [0.25, 0.3) is 0 Å². The number of aromatic nitrogens is 1. The summed E-state index contributed by atoms with van der Waals surface area (Å²) in [6.45, 7) is 2.29. The zero-order valence-electron chi connectivity index (χ0n) is 13.3. The van der Waals surface area contributed by atoms with Gasteiger partial charge in [0.05, 0.1) is 0 Å². The van der Waals surface area contributed by atoms with Crippen LogP contribution in [0, 0.1) is 0 Å². The van der Waals surface area contributed by atoms with Gasteiger partial charge in [-0.15, -0.1) is 11.3 Å². The summed E-state index contributed by atoms with van der Waals surface area (Å²) in [6, 6.07) is 7.95. The summed E-state index contributed by atoms with van der Waals surface area (Å²) in [5.74, 6) is 0.0316. The van der Waals surface area contributed by atoms with Crippen molar-refractivity contribution in [2.24, 2.45) is 5.73 Å². The molecule has 1 aromatic heterocycles. The standard InChI is InChI=1S/C17H20N4O2S/c18-8-15-20-14(11-24-15)17(23)19-9-12-3-5-13(6-4-12)10-21-7-1-2-16(21)22/h3-6,11H,1-2,7-10,18H2,(H,19,23). The van der Waals surface area contributed by atoms with E-state index in [0.29, 0.717) is 31.7 Å². The second-order valence-corrected chi connectivity index (χ2v) is 6.69. The van der Waals surface area contributed by atoms with Gasteiger partial charge in [-0.25, -0.2) is 4.98 Å². The highest BCUT2D eigenvalue weighted by atomic mass is 32.1. The number of nitrogens with one attached hydrogen (secondary N) is 1. The Labute approximate surface area is 144 Å². The minimum atomic E-state index is -0.197. The number of nitrogens with zero attached hydrogens (tertiary/aromatic N) is 2. The minimum absolute atomic E-state index is 0.197. The van der Waals surface area contributed by atoms with Crippen LogP contribution in [0.5, 0.6) is 0 Å². The Morgan fingerprint density at radius 2 is 2.04 bits per heavy atom. The summed E-state index contributed by atoms with van der Waals surface area (Å²) < 4.78 is 0. The molecule has 7 heteroatoms. The molecule has 0 aliphatic carbocycles. The van der Waals surface area contributed by atoms with Crippen LogP contribution in [-0.4, -0.2) is 28.2 Å². The second kappa shape index (κ2) is 7.55. The number of hydrogen-bond donors (Lipinski definition) is 2. The third-order valence-electron chi connectivity index (χ3n) is 3.98. The molecule has 1 saturated heterocycles. The fourth-order valence-electron chi connectivity index (χ4n) is 2.64. The first-order valence-electron chi connectivity index (χ1n) is 7.94. The number of benzene rings is 1. The Bertz CT molecular complexity index is 726. The van der Waals surface area contributed by atoms with Crippen molar-refractivity contribution in [3.63, 3.8) is 0 Å². The van der Waals surface area contributed by atoms with Crippen molar-refractivity contribution in [2.45, 2.75) is 32.5 Å². The van der Waals surface area contributed by atoms with Gasteiger partial charge in [0.25, 0.3) is 5.91 Å². The van der Waals surface area contributed by atoms with Crippen molar-refractivity contribution in [3.05, 3.63) is 51.5 Å². The van der Waals surface area contributed by atoms with Gasteiger partial charge in [-0.1, -0.05) is 24.3 Å². The van der Waals surface area contributed by atoms with Gasteiger partial charge >= 0.3 is 0 Å². The average Bonchev–Trinajstić information content (AvgIpc) is 3.23. The zero-order chi connectivity index (χ0) is 16.9. The lowest BCUT2D eigenvalue weighted by Gasteiger charge is -2.15. The maximum absolute atomic E-state index is 12.0. The Morgan fingerprint density at radius 3 is 2.67 bits per heavy atom. The highest BCUT2D eigenvalue weighted by Crippen LogP contribution is 2.15. The van der Waals surface area contributed by atoms with Crippen molar-refractivity contribution in [3.8, 4) is 0 Å². The molecule has 2 amide bonds. The van der Waals surface area contributed by atoms with E-state index in [4.69, 9.17) is 5.73 Å². The molecule has 6 nitrogen and oxygen atoms in total. The molecule has 0 atom stereocenters. The molecule has 1 aliphatic rings. The molecule has 0 radical (unpaired) electrons. The molecule has 0 bridgehead atoms. The smallest absolute Gasteiger partial charge is 0.271 e. The second-order valence-electron chi connectivity index (χ2n) is 5.75. The van der Waals surface area contributed by atoms with E-state index >= 15 is 0 Å². The predicted molar refractivity (Wildman–Crippen MR) is 92.3 cm³/mol. The molecule has 1 aliphatic heterocycles. The lowest BCUT2D eigenvalue weighted by Crippen LogP contribution is -2.24. The van der Waals surface area contributed by atoms with E-state index < -0.39 is 0 Å². The summed E-state index contributed by atoms with van der Waals surface area (Å²) in [5.41, 5.74) is 8.02. The van der Waals surface area contributed by atoms with E-state index in [-0.39, 0.29) is 11.8 Å². The van der Waals surface area contributed by atoms with Gasteiger partial charge in [-0.05, 0) is 17.5 Å². The van der Waals surface area contributed by atoms with Gasteiger partial charge in [-0.2, -0.15) is 0 Å². The van der Waals surface area contributed by atoms with Crippen LogP contribution < -0.4 is 11.1 Å². The van der Waals surface area contributed by atoms with Gasteiger partial charge < -0.3 is 16.0 Å². The van der Waals surface area contributed by atoms with E-state index in [0.717, 1.165) is 29.1 Å². The zero-order valence-corrected chi connectivity index (χ0v) is 14.1. The van der Waals surface area contributed by atoms with Crippen LogP contribution in [0.4, 0.5) is 0 Å². The summed E-state index contributed by atoms with van der Waals surface area (Å²) in [5, 5.41) is 5.32. The number of likely N-dealkylation sites (tertiary alicyclic amines) is 1. The first-order valence-corrected chi connectivity index (χ1v) is 8.82. The third kappa shape index (κ3) is 3.98. The Kier molecular flexibility index (Phi) is 5.22. The van der Waals surface area contributed by atoms with Gasteiger partial charge in [0.1, 0.15) is 10.7 Å². The Morgan fingerprint density at radius 1 is 1.29 bits per heavy atom. The fraction of sp³-hybridized carbons (Fsp3) is 0.353. The van der Waals surface area contributed by atoms with Crippen molar-refractivity contribution in [1.82, 2.24) is 15.2 Å². The van der Waals surface area contributed by atoms with Crippen LogP contribution in [-0.2, 0) is 24.4 Å². The molecule has 126 valence electrons. The number of carbonyl (C=O) groups is 2. The number of carbonyl (C=O) groups excluding carboxylic acids is 2. The number of thiazole rings is 1. The van der Waals surface area contributed by atoms with Crippen LogP contribution >= 0.6 is 11.3 Å². The largest absolute Gasteiger partial charge is 0.347 e. The molecule has 24 heavy (non-hydrogen) atoms. The lowest BCUT2D eigenvalue weighted by atomic mass is 10.1. The summed E-state index contributed by atoms with van der Waals surface area (Å²) >= 11 is 1.39. The average molecular weight is 344 g/mol. The first-order chi connectivity index (χ1) is 11.7. The third-order valence-corrected chi connectivity index (χ3v) is 4.85. The maximum Gasteiger partial charge on any atom is 0.271 e. The lowest BCUT2D eigenvalue weighted by molar-refractivity contribution is -0.128. The van der Waals surface area contributed by atoms with Crippen molar-refractivity contribution in [2.75, 3.05) is 6.54 Å². The Hall–Kier alpha value is -2.25. The van der Waals surface area contributed by atoms with Gasteiger partial charge in [0, 0.05) is 38.0 Å². The molecule has 3 rings (SSSR count). The highest BCUT2D eigenvalue weighted by molar-refractivity contribution is 7.09. The van der Waals surface area contributed by atoms with E-state index in [9.17, 15) is 9.59 Å². The molecule has 0 saturated carbocycles. The molecule has 1 aromatic carbocycles. The predicted octanol–water partition coefficient (Wildman–Crippen LogP) is 1.65. The minimum Gasteiger partial charge on any atom is -0.347 e. The molecule has 0 spiro atoms. The normalized spacial score (nSPS) is 14.2. The van der Waals surface area contributed by atoms with E-state index in [1.165, 1.54) is 11.3 Å². The van der Waals surface area contributed by atoms with Crippen LogP contribution in [0.1, 0.15) is 39.5 Å². The SMILES string of the molecule is NCc1nc(C(=O)NCc2ccc(CN3CCCC3=O)cc2)cs1. The summed E-state index contributed by atoms with van der Waals surface area (Å²) in [7, 11) is 0. The quantitative estimate of drug-likeness (QED) is 0.834. The maximum atomic E-state index is 12.0. The molecular formula is C17H20N4O2S. The summed E-state index contributed by atoms with van der Waals surface area (Å²) in [4.78, 5) is 29.7. The molecular weight excluding hydrogens is 324 g/mol. The van der Waals surface area contributed by atoms with E-state index in [1.807, 2.05) is 29.2 Å². The topological polar surface area (TPSA) is 88.3 Å². The molecule has 1 fully saturated rings.